The van der Waals surface area contributed by atoms with Gasteiger partial charge in [0.15, 0.2) is 5.78 Å². The zero-order valence-electron chi connectivity index (χ0n) is 19.1. The summed E-state index contributed by atoms with van der Waals surface area (Å²) in [5.74, 6) is -1.19. The zero-order valence-corrected chi connectivity index (χ0v) is 19.1. The van der Waals surface area contributed by atoms with Crippen molar-refractivity contribution in [3.8, 4) is 16.9 Å². The normalized spacial score (nSPS) is 11.4. The minimum Gasteiger partial charge on any atom is -0.494 e. The molecule has 174 valence electrons. The standard InChI is InChI=1S/C27H30O6/c1-3-4-7-18-33-24-16-14-21(15-17-24)20-10-12-22(13-11-20)25(28)9-6-5-8-23(27(30)31)19-26(29)32-2/h5,8,10-17,19H,3-4,6-7,9,18H2,1-2H3,(H,30,31)/b8-5+,23-19-. The number of rotatable bonds is 13. The summed E-state index contributed by atoms with van der Waals surface area (Å²) in [6.45, 7) is 2.88. The molecule has 6 heteroatoms. The number of hydrogen-bond acceptors (Lipinski definition) is 5. The predicted molar refractivity (Wildman–Crippen MR) is 127 cm³/mol. The number of allylic oxidation sites excluding steroid dienone is 1. The van der Waals surface area contributed by atoms with E-state index in [0.29, 0.717) is 12.0 Å². The van der Waals surface area contributed by atoms with Crippen molar-refractivity contribution < 1.29 is 29.0 Å². The number of esters is 1. The maximum Gasteiger partial charge on any atom is 0.335 e. The SMILES string of the molecule is CCCCCOc1ccc(-c2ccc(C(=O)CC/C=C/C(=C/C(=O)OC)C(=O)O)cc2)cc1. The first-order chi connectivity index (χ1) is 15.9. The van der Waals surface area contributed by atoms with Crippen molar-refractivity contribution in [1.82, 2.24) is 0 Å². The summed E-state index contributed by atoms with van der Waals surface area (Å²) in [7, 11) is 1.17. The van der Waals surface area contributed by atoms with Crippen LogP contribution in [0.3, 0.4) is 0 Å². The number of carbonyl (C=O) groups is 3. The Hall–Kier alpha value is -3.67. The van der Waals surface area contributed by atoms with Crippen LogP contribution in [0.1, 0.15) is 49.4 Å². The maximum atomic E-state index is 12.4. The molecule has 1 N–H and O–H groups in total. The van der Waals surface area contributed by atoms with Crippen molar-refractivity contribution >= 4 is 17.7 Å². The summed E-state index contributed by atoms with van der Waals surface area (Å²) in [6.07, 6.45) is 7.71. The van der Waals surface area contributed by atoms with E-state index in [1.165, 1.54) is 13.2 Å². The van der Waals surface area contributed by atoms with Crippen LogP contribution in [0.5, 0.6) is 5.75 Å². The summed E-state index contributed by atoms with van der Waals surface area (Å²) in [5.41, 5.74) is 2.43. The van der Waals surface area contributed by atoms with Gasteiger partial charge < -0.3 is 14.6 Å². The average Bonchev–Trinajstić information content (AvgIpc) is 2.83. The van der Waals surface area contributed by atoms with Crippen LogP contribution in [-0.4, -0.2) is 36.5 Å². The first-order valence-electron chi connectivity index (χ1n) is 11.0. The first-order valence-corrected chi connectivity index (χ1v) is 11.0. The van der Waals surface area contributed by atoms with Crippen LogP contribution in [-0.2, 0) is 14.3 Å². The van der Waals surface area contributed by atoms with Crippen LogP contribution in [0.15, 0.2) is 72.3 Å². The Morgan fingerprint density at radius 1 is 0.939 bits per heavy atom. The second-order valence-corrected chi connectivity index (χ2v) is 7.45. The van der Waals surface area contributed by atoms with E-state index < -0.39 is 11.9 Å². The van der Waals surface area contributed by atoms with Crippen molar-refractivity contribution in [2.45, 2.75) is 39.0 Å². The van der Waals surface area contributed by atoms with E-state index in [1.807, 2.05) is 36.4 Å². The van der Waals surface area contributed by atoms with Gasteiger partial charge in [-0.3, -0.25) is 4.79 Å². The van der Waals surface area contributed by atoms with Gasteiger partial charge in [0, 0.05) is 18.1 Å². The number of carboxylic acids is 1. The molecule has 0 bridgehead atoms. The van der Waals surface area contributed by atoms with E-state index in [9.17, 15) is 14.4 Å². The van der Waals surface area contributed by atoms with E-state index >= 15 is 0 Å². The van der Waals surface area contributed by atoms with E-state index in [0.717, 1.165) is 48.8 Å². The molecule has 0 aliphatic carbocycles. The van der Waals surface area contributed by atoms with Crippen LogP contribution >= 0.6 is 0 Å². The van der Waals surface area contributed by atoms with Crippen molar-refractivity contribution in [1.29, 1.82) is 0 Å². The fourth-order valence-corrected chi connectivity index (χ4v) is 3.07. The molecule has 0 saturated carbocycles. The van der Waals surface area contributed by atoms with Crippen molar-refractivity contribution in [3.05, 3.63) is 77.9 Å². The lowest BCUT2D eigenvalue weighted by Gasteiger charge is -2.08. The molecule has 0 saturated heterocycles. The molecular formula is C27H30O6. The highest BCUT2D eigenvalue weighted by Crippen LogP contribution is 2.23. The minimum atomic E-state index is -1.24. The highest BCUT2D eigenvalue weighted by atomic mass is 16.5. The molecule has 0 heterocycles. The number of Topliss-reactive ketones (excluding diaryl/α,β-unsaturated/α-hetero) is 1. The predicted octanol–water partition coefficient (Wildman–Crippen LogP) is 5.63. The van der Waals surface area contributed by atoms with Crippen LogP contribution in [0.25, 0.3) is 11.1 Å². The largest absolute Gasteiger partial charge is 0.494 e. The number of hydrogen-bond donors (Lipinski definition) is 1. The molecule has 2 aromatic carbocycles. The van der Waals surface area contributed by atoms with E-state index in [-0.39, 0.29) is 17.8 Å². The van der Waals surface area contributed by atoms with Gasteiger partial charge >= 0.3 is 11.9 Å². The van der Waals surface area contributed by atoms with Crippen LogP contribution in [0.2, 0.25) is 0 Å². The van der Waals surface area contributed by atoms with Crippen molar-refractivity contribution in [2.75, 3.05) is 13.7 Å². The molecule has 0 radical (unpaired) electrons. The summed E-state index contributed by atoms with van der Waals surface area (Å²) in [5, 5.41) is 9.10. The number of carboxylic acid groups (broad SMARTS) is 1. The Labute approximate surface area is 194 Å². The molecular weight excluding hydrogens is 420 g/mol. The Balaban J connectivity index is 1.90. The Bertz CT molecular complexity index is 984. The van der Waals surface area contributed by atoms with Crippen LogP contribution in [0.4, 0.5) is 0 Å². The quantitative estimate of drug-likeness (QED) is 0.140. The van der Waals surface area contributed by atoms with Gasteiger partial charge in [0.05, 0.1) is 19.3 Å². The molecule has 0 atom stereocenters. The van der Waals surface area contributed by atoms with Crippen LogP contribution < -0.4 is 4.74 Å². The number of ketones is 1. The summed E-state index contributed by atoms with van der Waals surface area (Å²) >= 11 is 0. The molecule has 33 heavy (non-hydrogen) atoms. The molecule has 2 aromatic rings. The fourth-order valence-electron chi connectivity index (χ4n) is 3.07. The smallest absolute Gasteiger partial charge is 0.335 e. The number of methoxy groups -OCH3 is 1. The molecule has 0 aliphatic rings. The number of ether oxygens (including phenoxy) is 2. The molecule has 2 rings (SSSR count). The molecule has 0 aromatic heterocycles. The van der Waals surface area contributed by atoms with E-state index in [1.54, 1.807) is 18.2 Å². The molecule has 0 aliphatic heterocycles. The topological polar surface area (TPSA) is 89.9 Å². The number of unbranched alkanes of at least 4 members (excludes halogenated alkanes) is 2. The highest BCUT2D eigenvalue weighted by molar-refractivity contribution is 5.98. The second kappa shape index (κ2) is 13.7. The van der Waals surface area contributed by atoms with Gasteiger partial charge in [-0.1, -0.05) is 68.3 Å². The molecule has 0 fully saturated rings. The zero-order chi connectivity index (χ0) is 24.1. The summed E-state index contributed by atoms with van der Waals surface area (Å²) in [4.78, 5) is 34.8. The maximum absolute atomic E-state index is 12.4. The van der Waals surface area contributed by atoms with Gasteiger partial charge in [0.2, 0.25) is 0 Å². The lowest BCUT2D eigenvalue weighted by atomic mass is 10.0. The fraction of sp³-hybridized carbons (Fsp3) is 0.296. The third-order valence-corrected chi connectivity index (χ3v) is 4.97. The van der Waals surface area contributed by atoms with Gasteiger partial charge in [-0.05, 0) is 36.1 Å². The number of benzene rings is 2. The van der Waals surface area contributed by atoms with Gasteiger partial charge in [-0.25, -0.2) is 9.59 Å². The third kappa shape index (κ3) is 8.77. The van der Waals surface area contributed by atoms with Crippen molar-refractivity contribution in [3.63, 3.8) is 0 Å². The van der Waals surface area contributed by atoms with Crippen LogP contribution in [0, 0.1) is 0 Å². The summed E-state index contributed by atoms with van der Waals surface area (Å²) < 4.78 is 10.2. The van der Waals surface area contributed by atoms with Gasteiger partial charge in [-0.15, -0.1) is 0 Å². The monoisotopic (exact) mass is 450 g/mol. The lowest BCUT2D eigenvalue weighted by molar-refractivity contribution is -0.136. The Morgan fingerprint density at radius 3 is 2.15 bits per heavy atom. The van der Waals surface area contributed by atoms with Gasteiger partial charge in [0.25, 0.3) is 0 Å². The Morgan fingerprint density at radius 2 is 1.58 bits per heavy atom. The van der Waals surface area contributed by atoms with Crippen molar-refractivity contribution in [2.24, 2.45) is 0 Å². The van der Waals surface area contributed by atoms with E-state index in [4.69, 9.17) is 9.84 Å². The van der Waals surface area contributed by atoms with E-state index in [2.05, 4.69) is 11.7 Å². The number of aliphatic carboxylic acids is 1. The second-order valence-electron chi connectivity index (χ2n) is 7.45. The molecule has 6 nitrogen and oxygen atoms in total. The highest BCUT2D eigenvalue weighted by Gasteiger charge is 2.08. The summed E-state index contributed by atoms with van der Waals surface area (Å²) in [6, 6.07) is 15.3. The molecule has 0 amide bonds. The average molecular weight is 451 g/mol. The Kier molecular flexibility index (Phi) is 10.6. The number of carbonyl (C=O) groups excluding carboxylic acids is 2. The minimum absolute atomic E-state index is 0.0455. The molecule has 0 unspecified atom stereocenters. The van der Waals surface area contributed by atoms with Gasteiger partial charge in [-0.2, -0.15) is 0 Å². The lowest BCUT2D eigenvalue weighted by Crippen LogP contribution is -2.03. The van der Waals surface area contributed by atoms with Gasteiger partial charge in [0.1, 0.15) is 5.75 Å². The first kappa shape index (κ1) is 25.6. The third-order valence-electron chi connectivity index (χ3n) is 4.97. The molecule has 0 spiro atoms.